The highest BCUT2D eigenvalue weighted by Gasteiger charge is 2.28. The van der Waals surface area contributed by atoms with Gasteiger partial charge in [-0.05, 0) is 6.92 Å². The minimum atomic E-state index is 0.139. The van der Waals surface area contributed by atoms with Gasteiger partial charge in [-0.1, -0.05) is 6.92 Å². The average Bonchev–Trinajstić information content (AvgIpc) is 3.19. The SMILES string of the molecule is CCc1nccn1CCC(=O)N1Cc2nnc(COC)n2[C@@H](C)C1. The number of ether oxygens (including phenoxy) is 1. The van der Waals surface area contributed by atoms with E-state index in [4.69, 9.17) is 4.74 Å². The third-order valence-corrected chi connectivity index (χ3v) is 4.41. The molecule has 3 heterocycles. The van der Waals surface area contributed by atoms with Gasteiger partial charge in [0.25, 0.3) is 0 Å². The second-order valence-electron chi connectivity index (χ2n) is 6.10. The molecule has 0 unspecified atom stereocenters. The van der Waals surface area contributed by atoms with E-state index in [0.717, 1.165) is 23.9 Å². The first-order valence-electron chi connectivity index (χ1n) is 8.33. The highest BCUT2D eigenvalue weighted by Crippen LogP contribution is 2.22. The molecule has 130 valence electrons. The number of carbonyl (C=O) groups is 1. The Balaban J connectivity index is 1.64. The zero-order chi connectivity index (χ0) is 17.1. The molecule has 1 aliphatic rings. The lowest BCUT2D eigenvalue weighted by atomic mass is 10.2. The molecule has 1 aliphatic heterocycles. The Bertz CT molecular complexity index is 707. The quantitative estimate of drug-likeness (QED) is 0.794. The van der Waals surface area contributed by atoms with Crippen LogP contribution in [0.3, 0.4) is 0 Å². The fraction of sp³-hybridized carbons (Fsp3) is 0.625. The third-order valence-electron chi connectivity index (χ3n) is 4.41. The van der Waals surface area contributed by atoms with Gasteiger partial charge in [-0.25, -0.2) is 4.98 Å². The van der Waals surface area contributed by atoms with Crippen LogP contribution in [0.2, 0.25) is 0 Å². The molecule has 0 aromatic carbocycles. The molecule has 0 bridgehead atoms. The van der Waals surface area contributed by atoms with Gasteiger partial charge in [0, 0.05) is 45.4 Å². The summed E-state index contributed by atoms with van der Waals surface area (Å²) in [6.07, 6.45) is 5.05. The van der Waals surface area contributed by atoms with Gasteiger partial charge in [0.05, 0.1) is 12.6 Å². The molecule has 3 rings (SSSR count). The van der Waals surface area contributed by atoms with Crippen molar-refractivity contribution in [2.24, 2.45) is 0 Å². The molecule has 0 saturated carbocycles. The molecule has 0 saturated heterocycles. The van der Waals surface area contributed by atoms with Crippen LogP contribution in [-0.4, -0.2) is 48.8 Å². The number of methoxy groups -OCH3 is 1. The molecule has 0 spiro atoms. The number of nitrogens with zero attached hydrogens (tertiary/aromatic N) is 6. The van der Waals surface area contributed by atoms with Crippen molar-refractivity contribution < 1.29 is 9.53 Å². The second-order valence-corrected chi connectivity index (χ2v) is 6.10. The van der Waals surface area contributed by atoms with Crippen LogP contribution in [0.5, 0.6) is 0 Å². The summed E-state index contributed by atoms with van der Waals surface area (Å²) >= 11 is 0. The van der Waals surface area contributed by atoms with Crippen LogP contribution >= 0.6 is 0 Å². The second kappa shape index (κ2) is 7.12. The Morgan fingerprint density at radius 3 is 2.96 bits per heavy atom. The van der Waals surface area contributed by atoms with Crippen LogP contribution < -0.4 is 0 Å². The Morgan fingerprint density at radius 1 is 1.38 bits per heavy atom. The summed E-state index contributed by atoms with van der Waals surface area (Å²) in [5.41, 5.74) is 0. The maximum atomic E-state index is 12.6. The zero-order valence-electron chi connectivity index (χ0n) is 14.5. The molecule has 1 amide bonds. The van der Waals surface area contributed by atoms with E-state index in [2.05, 4.69) is 33.6 Å². The summed E-state index contributed by atoms with van der Waals surface area (Å²) in [7, 11) is 1.64. The maximum Gasteiger partial charge on any atom is 0.224 e. The normalized spacial score (nSPS) is 17.1. The standard InChI is InChI=1S/C16H24N6O2/c1-4-13-17-6-8-20(13)7-5-16(23)21-9-12(2)22-14(10-21)18-19-15(22)11-24-3/h6,8,12H,4-5,7,9-11H2,1-3H3/t12-/m0/s1. The van der Waals surface area contributed by atoms with Gasteiger partial charge in [0.2, 0.25) is 5.91 Å². The van der Waals surface area contributed by atoms with Crippen LogP contribution in [0, 0.1) is 0 Å². The minimum absolute atomic E-state index is 0.139. The Morgan fingerprint density at radius 2 is 2.21 bits per heavy atom. The van der Waals surface area contributed by atoms with Crippen LogP contribution in [-0.2, 0) is 35.6 Å². The molecule has 24 heavy (non-hydrogen) atoms. The monoisotopic (exact) mass is 332 g/mol. The lowest BCUT2D eigenvalue weighted by Crippen LogP contribution is -2.41. The third kappa shape index (κ3) is 3.19. The molecular weight excluding hydrogens is 308 g/mol. The summed E-state index contributed by atoms with van der Waals surface area (Å²) < 4.78 is 9.29. The Labute approximate surface area is 141 Å². The van der Waals surface area contributed by atoms with Crippen LogP contribution in [0.1, 0.15) is 43.8 Å². The van der Waals surface area contributed by atoms with Gasteiger partial charge in [0.15, 0.2) is 11.6 Å². The molecule has 0 aliphatic carbocycles. The summed E-state index contributed by atoms with van der Waals surface area (Å²) in [5, 5.41) is 8.40. The zero-order valence-corrected chi connectivity index (χ0v) is 14.5. The van der Waals surface area contributed by atoms with Crippen molar-refractivity contribution in [3.8, 4) is 0 Å². The molecule has 8 heteroatoms. The van der Waals surface area contributed by atoms with Crippen molar-refractivity contribution in [2.75, 3.05) is 13.7 Å². The number of amides is 1. The molecule has 0 fully saturated rings. The first kappa shape index (κ1) is 16.6. The van der Waals surface area contributed by atoms with Gasteiger partial charge in [0.1, 0.15) is 12.4 Å². The van der Waals surface area contributed by atoms with Crippen molar-refractivity contribution in [1.82, 2.24) is 29.2 Å². The molecule has 0 N–H and O–H groups in total. The van der Waals surface area contributed by atoms with E-state index in [1.54, 1.807) is 13.3 Å². The predicted octanol–water partition coefficient (Wildman–Crippen LogP) is 1.18. The summed E-state index contributed by atoms with van der Waals surface area (Å²) in [6.45, 7) is 6.42. The van der Waals surface area contributed by atoms with Crippen LogP contribution in [0.15, 0.2) is 12.4 Å². The molecule has 1 atom stereocenters. The number of imidazole rings is 1. The topological polar surface area (TPSA) is 78.1 Å². The van der Waals surface area contributed by atoms with Crippen molar-refractivity contribution in [2.45, 2.75) is 52.4 Å². The van der Waals surface area contributed by atoms with E-state index in [1.807, 2.05) is 15.7 Å². The number of aryl methyl sites for hydroxylation is 2. The van der Waals surface area contributed by atoms with Gasteiger partial charge < -0.3 is 18.8 Å². The van der Waals surface area contributed by atoms with Crippen molar-refractivity contribution >= 4 is 5.91 Å². The van der Waals surface area contributed by atoms with Gasteiger partial charge in [-0.15, -0.1) is 10.2 Å². The average molecular weight is 332 g/mol. The summed E-state index contributed by atoms with van der Waals surface area (Å²) in [4.78, 5) is 18.8. The van der Waals surface area contributed by atoms with Crippen molar-refractivity contribution in [3.05, 3.63) is 29.9 Å². The van der Waals surface area contributed by atoms with Gasteiger partial charge in [-0.3, -0.25) is 4.79 Å². The smallest absolute Gasteiger partial charge is 0.224 e. The fourth-order valence-corrected chi connectivity index (χ4v) is 3.26. The Hall–Kier alpha value is -2.22. The Kier molecular flexibility index (Phi) is 4.94. The number of aromatic nitrogens is 5. The van der Waals surface area contributed by atoms with E-state index < -0.39 is 0 Å². The van der Waals surface area contributed by atoms with Crippen LogP contribution in [0.4, 0.5) is 0 Å². The van der Waals surface area contributed by atoms with E-state index in [9.17, 15) is 4.79 Å². The fourth-order valence-electron chi connectivity index (χ4n) is 3.26. The van der Waals surface area contributed by atoms with E-state index in [-0.39, 0.29) is 11.9 Å². The number of hydrogen-bond donors (Lipinski definition) is 0. The van der Waals surface area contributed by atoms with Gasteiger partial charge in [-0.2, -0.15) is 0 Å². The lowest BCUT2D eigenvalue weighted by Gasteiger charge is -2.32. The molecule has 2 aromatic heterocycles. The van der Waals surface area contributed by atoms with Crippen molar-refractivity contribution in [1.29, 1.82) is 0 Å². The van der Waals surface area contributed by atoms with E-state index in [1.165, 1.54) is 0 Å². The highest BCUT2D eigenvalue weighted by molar-refractivity contribution is 5.76. The first-order valence-corrected chi connectivity index (χ1v) is 8.33. The lowest BCUT2D eigenvalue weighted by molar-refractivity contribution is -0.133. The number of fused-ring (bicyclic) bond motifs is 1. The predicted molar refractivity (Wildman–Crippen MR) is 87.1 cm³/mol. The number of carbonyl (C=O) groups excluding carboxylic acids is 1. The van der Waals surface area contributed by atoms with Crippen LogP contribution in [0.25, 0.3) is 0 Å². The minimum Gasteiger partial charge on any atom is -0.377 e. The first-order chi connectivity index (χ1) is 11.6. The summed E-state index contributed by atoms with van der Waals surface area (Å²) in [6, 6.07) is 0.150. The summed E-state index contributed by atoms with van der Waals surface area (Å²) in [5.74, 6) is 2.79. The van der Waals surface area contributed by atoms with Crippen molar-refractivity contribution in [3.63, 3.8) is 0 Å². The number of hydrogen-bond acceptors (Lipinski definition) is 5. The molecule has 2 aromatic rings. The van der Waals surface area contributed by atoms with E-state index in [0.29, 0.717) is 32.7 Å². The molecule has 8 nitrogen and oxygen atoms in total. The van der Waals surface area contributed by atoms with E-state index >= 15 is 0 Å². The molecular formula is C16H24N6O2. The largest absolute Gasteiger partial charge is 0.377 e. The number of rotatable bonds is 6. The highest BCUT2D eigenvalue weighted by atomic mass is 16.5. The molecule has 0 radical (unpaired) electrons. The maximum absolute atomic E-state index is 12.6. The van der Waals surface area contributed by atoms with Gasteiger partial charge >= 0.3 is 0 Å².